The van der Waals surface area contributed by atoms with E-state index in [-0.39, 0.29) is 24.0 Å². The zero-order valence-electron chi connectivity index (χ0n) is 21.5. The van der Waals surface area contributed by atoms with E-state index < -0.39 is 23.7 Å². The number of nitrogens with zero attached hydrogens (tertiary/aromatic N) is 2. The van der Waals surface area contributed by atoms with Crippen LogP contribution in [-0.4, -0.2) is 41.8 Å². The molecule has 36 heavy (non-hydrogen) atoms. The van der Waals surface area contributed by atoms with Crippen LogP contribution in [0.25, 0.3) is 0 Å². The molecule has 2 aliphatic rings. The van der Waals surface area contributed by atoms with E-state index >= 15 is 0 Å². The average Bonchev–Trinajstić information content (AvgIpc) is 3.42. The number of ketones is 1. The van der Waals surface area contributed by atoms with Crippen molar-refractivity contribution in [2.45, 2.75) is 76.8 Å². The summed E-state index contributed by atoms with van der Waals surface area (Å²) in [6, 6.07) is 10.1. The molecule has 1 aromatic carbocycles. The molecule has 2 amide bonds. The first-order chi connectivity index (χ1) is 17.3. The summed E-state index contributed by atoms with van der Waals surface area (Å²) in [5.74, 6) is -2.00. The number of pyridine rings is 1. The number of benzene rings is 1. The van der Waals surface area contributed by atoms with Crippen LogP contribution in [0.2, 0.25) is 0 Å². The molecule has 2 heterocycles. The Morgan fingerprint density at radius 3 is 2.33 bits per heavy atom. The molecule has 0 radical (unpaired) electrons. The van der Waals surface area contributed by atoms with Gasteiger partial charge in [0, 0.05) is 36.3 Å². The Morgan fingerprint density at radius 2 is 1.75 bits per heavy atom. The molecule has 7 nitrogen and oxygen atoms in total. The zero-order valence-corrected chi connectivity index (χ0v) is 21.5. The van der Waals surface area contributed by atoms with Crippen LogP contribution < -0.4 is 10.2 Å². The Labute approximate surface area is 213 Å². The summed E-state index contributed by atoms with van der Waals surface area (Å²) in [5, 5.41) is 3.17. The average molecular weight is 492 g/mol. The molecule has 1 aliphatic carbocycles. The van der Waals surface area contributed by atoms with Gasteiger partial charge in [0.2, 0.25) is 11.7 Å². The van der Waals surface area contributed by atoms with Crippen molar-refractivity contribution in [1.82, 2.24) is 10.3 Å². The van der Waals surface area contributed by atoms with Crippen molar-refractivity contribution in [3.05, 3.63) is 59.9 Å². The molecule has 0 spiro atoms. The molecule has 192 valence electrons. The Bertz CT molecular complexity index is 1050. The van der Waals surface area contributed by atoms with E-state index in [0.29, 0.717) is 24.3 Å². The molecule has 0 bridgehead atoms. The maximum Gasteiger partial charge on any atom is 0.295 e. The highest BCUT2D eigenvalue weighted by molar-refractivity contribution is 6.42. The van der Waals surface area contributed by atoms with Crippen LogP contribution in [0.4, 0.5) is 5.69 Å². The third-order valence-corrected chi connectivity index (χ3v) is 7.20. The number of carbonyl (C=O) groups is 3. The lowest BCUT2D eigenvalue weighted by atomic mass is 9.87. The van der Waals surface area contributed by atoms with Crippen molar-refractivity contribution < 1.29 is 19.1 Å². The highest BCUT2D eigenvalue weighted by Gasteiger charge is 2.40. The molecule has 1 N–H and O–H groups in total. The van der Waals surface area contributed by atoms with Crippen LogP contribution in [0.3, 0.4) is 0 Å². The number of amides is 2. The van der Waals surface area contributed by atoms with Gasteiger partial charge in [0.1, 0.15) is 6.04 Å². The highest BCUT2D eigenvalue weighted by Crippen LogP contribution is 2.32. The number of aromatic nitrogens is 1. The highest BCUT2D eigenvalue weighted by atomic mass is 16.5. The van der Waals surface area contributed by atoms with Gasteiger partial charge in [-0.05, 0) is 48.4 Å². The normalized spacial score (nSPS) is 19.5. The van der Waals surface area contributed by atoms with Gasteiger partial charge in [-0.2, -0.15) is 0 Å². The second-order valence-corrected chi connectivity index (χ2v) is 10.9. The number of hydrogen-bond donors (Lipinski definition) is 1. The molecule has 1 aliphatic heterocycles. The van der Waals surface area contributed by atoms with Gasteiger partial charge in [-0.1, -0.05) is 58.2 Å². The predicted molar refractivity (Wildman–Crippen MR) is 139 cm³/mol. The van der Waals surface area contributed by atoms with Gasteiger partial charge in [-0.3, -0.25) is 24.3 Å². The van der Waals surface area contributed by atoms with E-state index in [0.717, 1.165) is 31.2 Å². The number of nitrogens with one attached hydrogen (secondary N) is 1. The Morgan fingerprint density at radius 1 is 1.03 bits per heavy atom. The lowest BCUT2D eigenvalue weighted by molar-refractivity contribution is -0.139. The van der Waals surface area contributed by atoms with Crippen LogP contribution in [0.1, 0.15) is 76.5 Å². The maximum atomic E-state index is 13.8. The fourth-order valence-electron chi connectivity index (χ4n) is 5.02. The van der Waals surface area contributed by atoms with Crippen LogP contribution >= 0.6 is 0 Å². The predicted octanol–water partition coefficient (Wildman–Crippen LogP) is 4.51. The zero-order chi connectivity index (χ0) is 25.7. The molecule has 2 aromatic rings. The Hall–Kier alpha value is -3.06. The minimum absolute atomic E-state index is 0.0598. The van der Waals surface area contributed by atoms with Gasteiger partial charge >= 0.3 is 0 Å². The second kappa shape index (κ2) is 11.3. The van der Waals surface area contributed by atoms with E-state index in [4.69, 9.17) is 4.74 Å². The lowest BCUT2D eigenvalue weighted by Crippen LogP contribution is -2.50. The van der Waals surface area contributed by atoms with Gasteiger partial charge in [0.15, 0.2) is 0 Å². The van der Waals surface area contributed by atoms with Crippen molar-refractivity contribution in [1.29, 1.82) is 0 Å². The molecular formula is C29H37N3O4. The van der Waals surface area contributed by atoms with Crippen LogP contribution in [0.5, 0.6) is 0 Å². The Kier molecular flexibility index (Phi) is 8.19. The first-order valence-corrected chi connectivity index (χ1v) is 13.0. The largest absolute Gasteiger partial charge is 0.381 e. The number of ether oxygens (including phenoxy) is 1. The molecule has 4 rings (SSSR count). The molecular weight excluding hydrogens is 454 g/mol. The fraction of sp³-hybridized carbons (Fsp3) is 0.517. The molecule has 2 fully saturated rings. The number of carbonyl (C=O) groups excluding carboxylic acids is 3. The lowest BCUT2D eigenvalue weighted by Gasteiger charge is -2.33. The molecule has 1 aromatic heterocycles. The van der Waals surface area contributed by atoms with Crippen LogP contribution in [0.15, 0.2) is 48.8 Å². The van der Waals surface area contributed by atoms with Crippen molar-refractivity contribution in [3.63, 3.8) is 0 Å². The standard InChI is InChI=1S/C29H37N3O4/c1-29(2,3)22-11-13-24(14-12-22)32(28(35)26(33)21-15-17-36-19-21)25(20-8-7-16-30-18-20)27(34)31-23-9-5-4-6-10-23/h7-8,11-14,16,18,21,23,25H,4-6,9-10,15,17,19H2,1-3H3,(H,31,34). The van der Waals surface area contributed by atoms with Crippen LogP contribution in [0, 0.1) is 5.92 Å². The monoisotopic (exact) mass is 491 g/mol. The van der Waals surface area contributed by atoms with Gasteiger partial charge in [0.25, 0.3) is 5.91 Å². The van der Waals surface area contributed by atoms with Gasteiger partial charge in [-0.25, -0.2) is 0 Å². The van der Waals surface area contributed by atoms with Crippen molar-refractivity contribution in [2.24, 2.45) is 5.92 Å². The number of Topliss-reactive ketones (excluding diaryl/α,β-unsaturated/α-hetero) is 1. The minimum atomic E-state index is -1.01. The smallest absolute Gasteiger partial charge is 0.295 e. The van der Waals surface area contributed by atoms with Crippen molar-refractivity contribution in [2.75, 3.05) is 18.1 Å². The molecule has 2 unspecified atom stereocenters. The number of hydrogen-bond acceptors (Lipinski definition) is 5. The third-order valence-electron chi connectivity index (χ3n) is 7.20. The number of rotatable bonds is 7. The third kappa shape index (κ3) is 6.01. The maximum absolute atomic E-state index is 13.8. The number of anilines is 1. The SMILES string of the molecule is CC(C)(C)c1ccc(N(C(=O)C(=O)C2CCOC2)C(C(=O)NC2CCCCC2)c2cccnc2)cc1. The molecule has 1 saturated heterocycles. The summed E-state index contributed by atoms with van der Waals surface area (Å²) in [6.45, 7) is 7.03. The van der Waals surface area contributed by atoms with Crippen molar-refractivity contribution >= 4 is 23.3 Å². The minimum Gasteiger partial charge on any atom is -0.381 e. The van der Waals surface area contributed by atoms with E-state index in [9.17, 15) is 14.4 Å². The first-order valence-electron chi connectivity index (χ1n) is 13.0. The van der Waals surface area contributed by atoms with Crippen LogP contribution in [-0.2, 0) is 24.5 Å². The summed E-state index contributed by atoms with van der Waals surface area (Å²) in [6.07, 6.45) is 8.87. The van der Waals surface area contributed by atoms with Gasteiger partial charge in [-0.15, -0.1) is 0 Å². The van der Waals surface area contributed by atoms with Gasteiger partial charge < -0.3 is 10.1 Å². The molecule has 7 heteroatoms. The topological polar surface area (TPSA) is 88.6 Å². The Balaban J connectivity index is 1.75. The first kappa shape index (κ1) is 26.0. The quantitative estimate of drug-likeness (QED) is 0.576. The molecule has 1 saturated carbocycles. The van der Waals surface area contributed by atoms with E-state index in [2.05, 4.69) is 31.1 Å². The van der Waals surface area contributed by atoms with E-state index in [1.165, 1.54) is 11.3 Å². The van der Waals surface area contributed by atoms with Gasteiger partial charge in [0.05, 0.1) is 12.5 Å². The fourth-order valence-corrected chi connectivity index (χ4v) is 5.02. The van der Waals surface area contributed by atoms with E-state index in [1.54, 1.807) is 24.5 Å². The summed E-state index contributed by atoms with van der Waals surface area (Å²) >= 11 is 0. The summed E-state index contributed by atoms with van der Waals surface area (Å²) in [4.78, 5) is 46.6. The summed E-state index contributed by atoms with van der Waals surface area (Å²) in [5.41, 5.74) is 2.09. The summed E-state index contributed by atoms with van der Waals surface area (Å²) in [7, 11) is 0. The molecule has 2 atom stereocenters. The second-order valence-electron chi connectivity index (χ2n) is 10.9. The van der Waals surface area contributed by atoms with Crippen molar-refractivity contribution in [3.8, 4) is 0 Å². The van der Waals surface area contributed by atoms with E-state index in [1.807, 2.05) is 24.3 Å². The summed E-state index contributed by atoms with van der Waals surface area (Å²) < 4.78 is 5.38.